The van der Waals surface area contributed by atoms with Crippen molar-refractivity contribution in [3.05, 3.63) is 0 Å². The third-order valence-electron chi connectivity index (χ3n) is 3.21. The van der Waals surface area contributed by atoms with E-state index in [1.165, 1.54) is 0 Å². The Morgan fingerprint density at radius 1 is 1.17 bits per heavy atom. The van der Waals surface area contributed by atoms with Gasteiger partial charge in [0.25, 0.3) is 0 Å². The zero-order valence-corrected chi connectivity index (χ0v) is 12.0. The van der Waals surface area contributed by atoms with Gasteiger partial charge in [-0.3, -0.25) is 4.79 Å². The summed E-state index contributed by atoms with van der Waals surface area (Å²) >= 11 is 0. The smallest absolute Gasteiger partial charge is 0.220 e. The van der Waals surface area contributed by atoms with Crippen LogP contribution in [0.1, 0.15) is 58.8 Å². The fourth-order valence-corrected chi connectivity index (χ4v) is 2.17. The van der Waals surface area contributed by atoms with Gasteiger partial charge in [-0.15, -0.1) is 0 Å². The van der Waals surface area contributed by atoms with Crippen LogP contribution in [-0.4, -0.2) is 30.2 Å². The van der Waals surface area contributed by atoms with E-state index in [0.29, 0.717) is 25.4 Å². The SMILES string of the molecule is CCCC(O)CNC(=O)CCC(CCC)CCN. The summed E-state index contributed by atoms with van der Waals surface area (Å²) in [5.74, 6) is 0.606. The molecule has 18 heavy (non-hydrogen) atoms. The molecule has 0 radical (unpaired) electrons. The monoisotopic (exact) mass is 258 g/mol. The molecule has 0 spiro atoms. The fourth-order valence-electron chi connectivity index (χ4n) is 2.17. The van der Waals surface area contributed by atoms with Crippen LogP contribution in [0, 0.1) is 5.92 Å². The highest BCUT2D eigenvalue weighted by molar-refractivity contribution is 5.75. The van der Waals surface area contributed by atoms with Crippen molar-refractivity contribution in [2.75, 3.05) is 13.1 Å². The fraction of sp³-hybridized carbons (Fsp3) is 0.929. The average molecular weight is 258 g/mol. The second kappa shape index (κ2) is 11.5. The van der Waals surface area contributed by atoms with Crippen LogP contribution in [0.5, 0.6) is 0 Å². The molecule has 0 aliphatic rings. The van der Waals surface area contributed by atoms with Crippen LogP contribution in [0.2, 0.25) is 0 Å². The number of nitrogens with two attached hydrogens (primary N) is 1. The molecule has 0 fully saturated rings. The van der Waals surface area contributed by atoms with Gasteiger partial charge in [-0.25, -0.2) is 0 Å². The summed E-state index contributed by atoms with van der Waals surface area (Å²) in [5, 5.41) is 12.3. The van der Waals surface area contributed by atoms with Gasteiger partial charge < -0.3 is 16.2 Å². The third kappa shape index (κ3) is 9.42. The summed E-state index contributed by atoms with van der Waals surface area (Å²) in [7, 11) is 0. The van der Waals surface area contributed by atoms with Crippen molar-refractivity contribution >= 4 is 5.91 Å². The van der Waals surface area contributed by atoms with Crippen LogP contribution in [-0.2, 0) is 4.79 Å². The summed E-state index contributed by atoms with van der Waals surface area (Å²) in [4.78, 5) is 11.6. The topological polar surface area (TPSA) is 75.3 Å². The van der Waals surface area contributed by atoms with E-state index in [1.54, 1.807) is 0 Å². The molecule has 4 heteroatoms. The molecule has 0 aliphatic carbocycles. The number of aliphatic hydroxyl groups is 1. The molecule has 2 unspecified atom stereocenters. The molecule has 108 valence electrons. The average Bonchev–Trinajstić information content (AvgIpc) is 2.34. The van der Waals surface area contributed by atoms with Gasteiger partial charge in [0.05, 0.1) is 6.10 Å². The molecule has 4 nitrogen and oxygen atoms in total. The van der Waals surface area contributed by atoms with Gasteiger partial charge >= 0.3 is 0 Å². The number of amides is 1. The summed E-state index contributed by atoms with van der Waals surface area (Å²) < 4.78 is 0. The second-order valence-electron chi connectivity index (χ2n) is 5.02. The molecular weight excluding hydrogens is 228 g/mol. The van der Waals surface area contributed by atoms with Gasteiger partial charge in [0.1, 0.15) is 0 Å². The summed E-state index contributed by atoms with van der Waals surface area (Å²) in [6, 6.07) is 0. The Balaban J connectivity index is 3.72. The first-order chi connectivity index (χ1) is 8.63. The Kier molecular flexibility index (Phi) is 11.1. The lowest BCUT2D eigenvalue weighted by molar-refractivity contribution is -0.121. The van der Waals surface area contributed by atoms with E-state index in [-0.39, 0.29) is 5.91 Å². The van der Waals surface area contributed by atoms with E-state index < -0.39 is 6.10 Å². The first-order valence-corrected chi connectivity index (χ1v) is 7.28. The Morgan fingerprint density at radius 3 is 2.39 bits per heavy atom. The number of hydrogen-bond donors (Lipinski definition) is 3. The molecule has 0 aliphatic heterocycles. The summed E-state index contributed by atoms with van der Waals surface area (Å²) in [5.41, 5.74) is 5.56. The summed E-state index contributed by atoms with van der Waals surface area (Å²) in [6.45, 7) is 5.25. The maximum absolute atomic E-state index is 11.6. The Bertz CT molecular complexity index is 204. The van der Waals surface area contributed by atoms with Crippen LogP contribution in [0.25, 0.3) is 0 Å². The number of hydrogen-bond acceptors (Lipinski definition) is 3. The Labute approximate surface area is 111 Å². The predicted octanol–water partition coefficient (Wildman–Crippen LogP) is 1.81. The second-order valence-corrected chi connectivity index (χ2v) is 5.02. The molecular formula is C14H30N2O2. The zero-order chi connectivity index (χ0) is 13.8. The van der Waals surface area contributed by atoms with Crippen molar-refractivity contribution in [1.82, 2.24) is 5.32 Å². The highest BCUT2D eigenvalue weighted by Gasteiger charge is 2.11. The minimum atomic E-state index is -0.408. The van der Waals surface area contributed by atoms with Gasteiger partial charge in [-0.05, 0) is 31.7 Å². The Hall–Kier alpha value is -0.610. The highest BCUT2D eigenvalue weighted by atomic mass is 16.3. The van der Waals surface area contributed by atoms with E-state index in [0.717, 1.165) is 38.5 Å². The van der Waals surface area contributed by atoms with Gasteiger partial charge in [0.2, 0.25) is 5.91 Å². The molecule has 0 aromatic carbocycles. The van der Waals surface area contributed by atoms with Gasteiger partial charge in [0.15, 0.2) is 0 Å². The van der Waals surface area contributed by atoms with Gasteiger partial charge in [-0.1, -0.05) is 33.1 Å². The maximum Gasteiger partial charge on any atom is 0.220 e. The molecule has 0 saturated heterocycles. The Morgan fingerprint density at radius 2 is 1.83 bits per heavy atom. The lowest BCUT2D eigenvalue weighted by Crippen LogP contribution is -2.32. The van der Waals surface area contributed by atoms with Crippen LogP contribution in [0.3, 0.4) is 0 Å². The molecule has 1 amide bonds. The van der Waals surface area contributed by atoms with Gasteiger partial charge in [-0.2, -0.15) is 0 Å². The molecule has 0 saturated carbocycles. The highest BCUT2D eigenvalue weighted by Crippen LogP contribution is 2.16. The van der Waals surface area contributed by atoms with Crippen LogP contribution < -0.4 is 11.1 Å². The molecule has 0 bridgehead atoms. The van der Waals surface area contributed by atoms with Crippen molar-refractivity contribution < 1.29 is 9.90 Å². The molecule has 0 aromatic heterocycles. The van der Waals surface area contributed by atoms with Crippen LogP contribution in [0.4, 0.5) is 0 Å². The van der Waals surface area contributed by atoms with Gasteiger partial charge in [0, 0.05) is 13.0 Å². The van der Waals surface area contributed by atoms with Crippen molar-refractivity contribution in [2.24, 2.45) is 11.7 Å². The zero-order valence-electron chi connectivity index (χ0n) is 12.0. The van der Waals surface area contributed by atoms with E-state index in [4.69, 9.17) is 5.73 Å². The summed E-state index contributed by atoms with van der Waals surface area (Å²) in [6.07, 6.45) is 6.00. The maximum atomic E-state index is 11.6. The van der Waals surface area contributed by atoms with Crippen molar-refractivity contribution in [1.29, 1.82) is 0 Å². The predicted molar refractivity (Wildman–Crippen MR) is 75.2 cm³/mol. The number of aliphatic hydroxyl groups excluding tert-OH is 1. The van der Waals surface area contributed by atoms with Crippen LogP contribution in [0.15, 0.2) is 0 Å². The van der Waals surface area contributed by atoms with Crippen molar-refractivity contribution in [3.63, 3.8) is 0 Å². The lowest BCUT2D eigenvalue weighted by atomic mass is 9.94. The minimum Gasteiger partial charge on any atom is -0.391 e. The van der Waals surface area contributed by atoms with E-state index >= 15 is 0 Å². The third-order valence-corrected chi connectivity index (χ3v) is 3.21. The number of nitrogens with one attached hydrogen (secondary N) is 1. The first kappa shape index (κ1) is 17.4. The largest absolute Gasteiger partial charge is 0.391 e. The number of carbonyl (C=O) groups excluding carboxylic acids is 1. The first-order valence-electron chi connectivity index (χ1n) is 7.28. The molecule has 0 heterocycles. The number of rotatable bonds is 11. The van der Waals surface area contributed by atoms with E-state index in [1.807, 2.05) is 6.92 Å². The molecule has 4 N–H and O–H groups in total. The lowest BCUT2D eigenvalue weighted by Gasteiger charge is -2.15. The quantitative estimate of drug-likeness (QED) is 0.529. The van der Waals surface area contributed by atoms with E-state index in [9.17, 15) is 9.90 Å². The van der Waals surface area contributed by atoms with Crippen molar-refractivity contribution in [2.45, 2.75) is 64.9 Å². The standard InChI is InChI=1S/C14H30N2O2/c1-3-5-12(9-10-15)7-8-14(18)16-11-13(17)6-4-2/h12-13,17H,3-11,15H2,1-2H3,(H,16,18). The minimum absolute atomic E-state index is 0.0447. The van der Waals surface area contributed by atoms with Crippen molar-refractivity contribution in [3.8, 4) is 0 Å². The molecule has 0 aromatic rings. The number of carbonyl (C=O) groups is 1. The van der Waals surface area contributed by atoms with E-state index in [2.05, 4.69) is 12.2 Å². The molecule has 2 atom stereocenters. The van der Waals surface area contributed by atoms with Crippen LogP contribution >= 0.6 is 0 Å². The molecule has 0 rings (SSSR count). The normalized spacial score (nSPS) is 14.2.